The molecule has 0 spiro atoms. The standard InChI is InChI=1S/C25H19FN2O5/c1-32-23-13-16(11-19(14-27)24(29)28-21-8-6-20(26)7-9-21)5-10-22(23)33-15-17-3-2-4-18(12-17)25(30)31/h2-13H,15H2,1H3,(H,28,29)(H,30,31)/b19-11-. The highest BCUT2D eigenvalue weighted by Gasteiger charge is 2.12. The van der Waals surface area contributed by atoms with Crippen molar-refractivity contribution in [1.82, 2.24) is 0 Å². The number of carboxylic acid groups (broad SMARTS) is 1. The monoisotopic (exact) mass is 446 g/mol. The lowest BCUT2D eigenvalue weighted by Gasteiger charge is -2.12. The predicted octanol–water partition coefficient (Wildman–Crippen LogP) is 4.66. The van der Waals surface area contributed by atoms with Crippen LogP contribution in [0.4, 0.5) is 10.1 Å². The van der Waals surface area contributed by atoms with Gasteiger partial charge in [-0.3, -0.25) is 4.79 Å². The number of anilines is 1. The maximum Gasteiger partial charge on any atom is 0.335 e. The number of nitrogens with one attached hydrogen (secondary N) is 1. The third-order valence-corrected chi connectivity index (χ3v) is 4.53. The Morgan fingerprint density at radius 2 is 1.85 bits per heavy atom. The highest BCUT2D eigenvalue weighted by atomic mass is 19.1. The number of halogens is 1. The second-order valence-electron chi connectivity index (χ2n) is 6.84. The van der Waals surface area contributed by atoms with Crippen LogP contribution in [0.5, 0.6) is 11.5 Å². The average molecular weight is 446 g/mol. The zero-order valence-corrected chi connectivity index (χ0v) is 17.5. The molecule has 0 aromatic heterocycles. The molecule has 0 aliphatic rings. The Labute approximate surface area is 189 Å². The molecule has 0 aliphatic carbocycles. The van der Waals surface area contributed by atoms with E-state index in [-0.39, 0.29) is 17.7 Å². The van der Waals surface area contributed by atoms with Gasteiger partial charge in [0.1, 0.15) is 24.1 Å². The lowest BCUT2D eigenvalue weighted by Crippen LogP contribution is -2.13. The first-order valence-electron chi connectivity index (χ1n) is 9.71. The molecule has 0 atom stereocenters. The number of carboxylic acids is 1. The van der Waals surface area contributed by atoms with Gasteiger partial charge in [-0.15, -0.1) is 0 Å². The molecular weight excluding hydrogens is 427 g/mol. The summed E-state index contributed by atoms with van der Waals surface area (Å²) < 4.78 is 24.1. The van der Waals surface area contributed by atoms with Crippen LogP contribution in [0.2, 0.25) is 0 Å². The number of nitrogens with zero attached hydrogens (tertiary/aromatic N) is 1. The van der Waals surface area contributed by atoms with E-state index in [1.807, 2.05) is 6.07 Å². The smallest absolute Gasteiger partial charge is 0.335 e. The number of hydrogen-bond donors (Lipinski definition) is 2. The molecule has 0 saturated carbocycles. The number of methoxy groups -OCH3 is 1. The van der Waals surface area contributed by atoms with Crippen LogP contribution in [0.1, 0.15) is 21.5 Å². The number of ether oxygens (including phenoxy) is 2. The summed E-state index contributed by atoms with van der Waals surface area (Å²) in [5.41, 5.74) is 1.56. The summed E-state index contributed by atoms with van der Waals surface area (Å²) in [7, 11) is 1.45. The number of carbonyl (C=O) groups is 2. The van der Waals surface area contributed by atoms with E-state index in [1.165, 1.54) is 49.6 Å². The Morgan fingerprint density at radius 3 is 2.52 bits per heavy atom. The van der Waals surface area contributed by atoms with Gasteiger partial charge in [0.25, 0.3) is 5.91 Å². The first-order valence-corrected chi connectivity index (χ1v) is 9.71. The Hall–Kier alpha value is -4.64. The van der Waals surface area contributed by atoms with E-state index >= 15 is 0 Å². The Balaban J connectivity index is 1.74. The van der Waals surface area contributed by atoms with Gasteiger partial charge in [0.2, 0.25) is 0 Å². The Bertz CT molecular complexity index is 1250. The van der Waals surface area contributed by atoms with E-state index in [1.54, 1.807) is 30.3 Å². The topological polar surface area (TPSA) is 109 Å². The molecule has 3 rings (SSSR count). The van der Waals surface area contributed by atoms with Crippen LogP contribution in [-0.2, 0) is 11.4 Å². The predicted molar refractivity (Wildman–Crippen MR) is 119 cm³/mol. The van der Waals surface area contributed by atoms with Gasteiger partial charge in [0.05, 0.1) is 12.7 Å². The van der Waals surface area contributed by atoms with Gasteiger partial charge >= 0.3 is 5.97 Å². The van der Waals surface area contributed by atoms with E-state index in [9.17, 15) is 19.2 Å². The minimum absolute atomic E-state index is 0.121. The van der Waals surface area contributed by atoms with Crippen molar-refractivity contribution in [3.63, 3.8) is 0 Å². The van der Waals surface area contributed by atoms with Crippen LogP contribution in [-0.4, -0.2) is 24.1 Å². The van der Waals surface area contributed by atoms with E-state index in [4.69, 9.17) is 14.6 Å². The zero-order valence-electron chi connectivity index (χ0n) is 17.5. The number of hydrogen-bond acceptors (Lipinski definition) is 5. The van der Waals surface area contributed by atoms with Crippen molar-refractivity contribution < 1.29 is 28.6 Å². The molecule has 1 amide bonds. The van der Waals surface area contributed by atoms with Crippen molar-refractivity contribution in [3.05, 3.63) is 94.8 Å². The number of aromatic carboxylic acids is 1. The summed E-state index contributed by atoms with van der Waals surface area (Å²) in [5, 5.41) is 21.0. The lowest BCUT2D eigenvalue weighted by molar-refractivity contribution is -0.112. The molecule has 166 valence electrons. The molecule has 33 heavy (non-hydrogen) atoms. The fraction of sp³-hybridized carbons (Fsp3) is 0.0800. The number of amides is 1. The third kappa shape index (κ3) is 6.18. The molecule has 0 fully saturated rings. The van der Waals surface area contributed by atoms with Crippen molar-refractivity contribution in [2.24, 2.45) is 0 Å². The molecule has 0 unspecified atom stereocenters. The molecule has 0 radical (unpaired) electrons. The Kier molecular flexibility index (Phi) is 7.39. The maximum absolute atomic E-state index is 13.0. The van der Waals surface area contributed by atoms with Crippen LogP contribution in [0.25, 0.3) is 6.08 Å². The molecule has 0 heterocycles. The molecular formula is C25H19FN2O5. The van der Waals surface area contributed by atoms with Crippen LogP contribution < -0.4 is 14.8 Å². The van der Waals surface area contributed by atoms with Crippen LogP contribution in [0, 0.1) is 17.1 Å². The molecule has 3 aromatic rings. The van der Waals surface area contributed by atoms with Gasteiger partial charge in [0.15, 0.2) is 11.5 Å². The SMILES string of the molecule is COc1cc(/C=C(/C#N)C(=O)Nc2ccc(F)cc2)ccc1OCc1cccc(C(=O)O)c1. The summed E-state index contributed by atoms with van der Waals surface area (Å²) in [6.45, 7) is 0.121. The zero-order chi connectivity index (χ0) is 23.8. The lowest BCUT2D eigenvalue weighted by atomic mass is 10.1. The summed E-state index contributed by atoms with van der Waals surface area (Å²) in [4.78, 5) is 23.5. The molecule has 3 aromatic carbocycles. The molecule has 0 aliphatic heterocycles. The number of benzene rings is 3. The molecule has 7 nitrogen and oxygen atoms in total. The first-order chi connectivity index (χ1) is 15.9. The number of nitriles is 1. The van der Waals surface area contributed by atoms with Gasteiger partial charge in [-0.2, -0.15) is 5.26 Å². The fourth-order valence-electron chi connectivity index (χ4n) is 2.90. The normalized spacial score (nSPS) is 10.8. The van der Waals surface area contributed by atoms with Gasteiger partial charge in [-0.25, -0.2) is 9.18 Å². The molecule has 8 heteroatoms. The van der Waals surface area contributed by atoms with Crippen LogP contribution >= 0.6 is 0 Å². The van der Waals surface area contributed by atoms with Gasteiger partial charge in [-0.05, 0) is 65.7 Å². The van der Waals surface area contributed by atoms with Crippen molar-refractivity contribution >= 4 is 23.6 Å². The average Bonchev–Trinajstić information content (AvgIpc) is 2.83. The van der Waals surface area contributed by atoms with Crippen LogP contribution in [0.3, 0.4) is 0 Å². The van der Waals surface area contributed by atoms with Gasteiger partial charge in [0, 0.05) is 5.69 Å². The van der Waals surface area contributed by atoms with Crippen LogP contribution in [0.15, 0.2) is 72.3 Å². The summed E-state index contributed by atoms with van der Waals surface area (Å²) >= 11 is 0. The largest absolute Gasteiger partial charge is 0.493 e. The fourth-order valence-corrected chi connectivity index (χ4v) is 2.90. The second kappa shape index (κ2) is 10.6. The quantitative estimate of drug-likeness (QED) is 0.385. The highest BCUT2D eigenvalue weighted by Crippen LogP contribution is 2.30. The van der Waals surface area contributed by atoms with E-state index < -0.39 is 17.7 Å². The molecule has 0 saturated heterocycles. The summed E-state index contributed by atoms with van der Waals surface area (Å²) in [6.07, 6.45) is 1.39. The molecule has 2 N–H and O–H groups in total. The van der Waals surface area contributed by atoms with E-state index in [2.05, 4.69) is 5.32 Å². The second-order valence-corrected chi connectivity index (χ2v) is 6.84. The number of rotatable bonds is 8. The van der Waals surface area contributed by atoms with Crippen molar-refractivity contribution in [2.45, 2.75) is 6.61 Å². The minimum Gasteiger partial charge on any atom is -0.493 e. The van der Waals surface area contributed by atoms with Gasteiger partial charge in [-0.1, -0.05) is 18.2 Å². The molecule has 0 bridgehead atoms. The summed E-state index contributed by atoms with van der Waals surface area (Å²) in [5.74, 6) is -1.32. The van der Waals surface area contributed by atoms with Crippen molar-refractivity contribution in [1.29, 1.82) is 5.26 Å². The number of carbonyl (C=O) groups excluding carboxylic acids is 1. The maximum atomic E-state index is 13.0. The van der Waals surface area contributed by atoms with Crippen molar-refractivity contribution in [3.8, 4) is 17.6 Å². The van der Waals surface area contributed by atoms with E-state index in [0.717, 1.165) is 0 Å². The first kappa shape index (κ1) is 23.0. The highest BCUT2D eigenvalue weighted by molar-refractivity contribution is 6.09. The minimum atomic E-state index is -1.03. The summed E-state index contributed by atoms with van der Waals surface area (Å²) in [6, 6.07) is 18.3. The van der Waals surface area contributed by atoms with E-state index in [0.29, 0.717) is 28.3 Å². The Morgan fingerprint density at radius 1 is 1.09 bits per heavy atom. The third-order valence-electron chi connectivity index (χ3n) is 4.53. The van der Waals surface area contributed by atoms with Crippen molar-refractivity contribution in [2.75, 3.05) is 12.4 Å². The van der Waals surface area contributed by atoms with Gasteiger partial charge < -0.3 is 19.9 Å².